The van der Waals surface area contributed by atoms with E-state index < -0.39 is 0 Å². The van der Waals surface area contributed by atoms with Gasteiger partial charge in [-0.05, 0) is 25.2 Å². The first kappa shape index (κ1) is 8.48. The van der Waals surface area contributed by atoms with Crippen molar-refractivity contribution in [2.75, 3.05) is 19.8 Å². The van der Waals surface area contributed by atoms with Crippen LogP contribution < -0.4 is 5.32 Å². The summed E-state index contributed by atoms with van der Waals surface area (Å²) < 4.78 is 5.41. The molecule has 12 heavy (non-hydrogen) atoms. The van der Waals surface area contributed by atoms with Crippen LogP contribution in [0.2, 0.25) is 0 Å². The van der Waals surface area contributed by atoms with Crippen LogP contribution in [0.15, 0.2) is 0 Å². The van der Waals surface area contributed by atoms with E-state index in [1.165, 1.54) is 12.8 Å². The number of hydrogen-bond acceptors (Lipinski definition) is 3. The summed E-state index contributed by atoms with van der Waals surface area (Å²) in [6, 6.07) is 0.500. The lowest BCUT2D eigenvalue weighted by atomic mass is 9.92. The van der Waals surface area contributed by atoms with Crippen LogP contribution in [0.5, 0.6) is 0 Å². The van der Waals surface area contributed by atoms with Crippen molar-refractivity contribution in [3.05, 3.63) is 0 Å². The van der Waals surface area contributed by atoms with Crippen molar-refractivity contribution in [1.29, 1.82) is 0 Å². The number of rotatable bonds is 1. The van der Waals surface area contributed by atoms with E-state index in [1.54, 1.807) is 0 Å². The SMILES string of the molecule is O[C@@H]1CN[C@@H]([C@@H]2CCCOC2)C1. The first-order chi connectivity index (χ1) is 5.86. The minimum absolute atomic E-state index is 0.128. The molecule has 3 heteroatoms. The Hall–Kier alpha value is -0.120. The minimum atomic E-state index is -0.128. The van der Waals surface area contributed by atoms with Crippen molar-refractivity contribution in [2.45, 2.75) is 31.4 Å². The Labute approximate surface area is 73.1 Å². The lowest BCUT2D eigenvalue weighted by Crippen LogP contribution is -2.35. The average molecular weight is 171 g/mol. The fraction of sp³-hybridized carbons (Fsp3) is 1.00. The first-order valence-electron chi connectivity index (χ1n) is 4.85. The molecule has 2 N–H and O–H groups in total. The van der Waals surface area contributed by atoms with Gasteiger partial charge in [0.05, 0.1) is 12.7 Å². The predicted octanol–water partition coefficient (Wildman–Crippen LogP) is 0.136. The number of hydrogen-bond donors (Lipinski definition) is 2. The second-order valence-corrected chi connectivity index (χ2v) is 3.88. The van der Waals surface area contributed by atoms with E-state index in [9.17, 15) is 5.11 Å². The number of ether oxygens (including phenoxy) is 1. The molecule has 0 spiro atoms. The Morgan fingerprint density at radius 1 is 1.42 bits per heavy atom. The summed E-state index contributed by atoms with van der Waals surface area (Å²) in [7, 11) is 0. The molecule has 0 saturated carbocycles. The van der Waals surface area contributed by atoms with Crippen molar-refractivity contribution in [2.24, 2.45) is 5.92 Å². The molecule has 0 aromatic heterocycles. The third-order valence-corrected chi connectivity index (χ3v) is 2.91. The molecular weight excluding hydrogens is 154 g/mol. The highest BCUT2D eigenvalue weighted by atomic mass is 16.5. The fourth-order valence-corrected chi connectivity index (χ4v) is 2.19. The molecule has 3 nitrogen and oxygen atoms in total. The molecule has 0 amide bonds. The summed E-state index contributed by atoms with van der Waals surface area (Å²) in [4.78, 5) is 0. The smallest absolute Gasteiger partial charge is 0.0679 e. The third kappa shape index (κ3) is 1.79. The van der Waals surface area contributed by atoms with Gasteiger partial charge in [-0.1, -0.05) is 0 Å². The van der Waals surface area contributed by atoms with Crippen LogP contribution in [0.25, 0.3) is 0 Å². The van der Waals surface area contributed by atoms with Crippen LogP contribution in [-0.4, -0.2) is 37.0 Å². The van der Waals surface area contributed by atoms with Crippen LogP contribution in [0.3, 0.4) is 0 Å². The van der Waals surface area contributed by atoms with Crippen molar-refractivity contribution < 1.29 is 9.84 Å². The van der Waals surface area contributed by atoms with Crippen LogP contribution in [0.1, 0.15) is 19.3 Å². The highest BCUT2D eigenvalue weighted by Crippen LogP contribution is 2.23. The molecule has 0 aliphatic carbocycles. The van der Waals surface area contributed by atoms with Gasteiger partial charge >= 0.3 is 0 Å². The van der Waals surface area contributed by atoms with Crippen LogP contribution in [0, 0.1) is 5.92 Å². The Bertz CT molecular complexity index is 143. The molecule has 0 unspecified atom stereocenters. The monoisotopic (exact) mass is 171 g/mol. The summed E-state index contributed by atoms with van der Waals surface area (Å²) in [5, 5.41) is 12.7. The summed E-state index contributed by atoms with van der Waals surface area (Å²) in [6.07, 6.45) is 3.22. The maximum absolute atomic E-state index is 9.33. The molecule has 0 bridgehead atoms. The Morgan fingerprint density at radius 2 is 2.33 bits per heavy atom. The molecule has 2 fully saturated rings. The van der Waals surface area contributed by atoms with E-state index in [0.717, 1.165) is 26.2 Å². The average Bonchev–Trinajstić information content (AvgIpc) is 2.54. The van der Waals surface area contributed by atoms with Gasteiger partial charge in [0.15, 0.2) is 0 Å². The topological polar surface area (TPSA) is 41.5 Å². The van der Waals surface area contributed by atoms with Crippen LogP contribution in [-0.2, 0) is 4.74 Å². The van der Waals surface area contributed by atoms with E-state index in [2.05, 4.69) is 5.32 Å². The van der Waals surface area contributed by atoms with Gasteiger partial charge in [0.25, 0.3) is 0 Å². The molecule has 2 aliphatic rings. The zero-order valence-corrected chi connectivity index (χ0v) is 7.33. The summed E-state index contributed by atoms with van der Waals surface area (Å²) in [5.74, 6) is 0.635. The Kier molecular flexibility index (Phi) is 2.63. The van der Waals surface area contributed by atoms with E-state index in [0.29, 0.717) is 12.0 Å². The molecule has 2 aliphatic heterocycles. The molecule has 2 saturated heterocycles. The molecule has 0 aromatic carbocycles. The molecule has 0 aromatic rings. The minimum Gasteiger partial charge on any atom is -0.392 e. The van der Waals surface area contributed by atoms with E-state index in [-0.39, 0.29) is 6.10 Å². The van der Waals surface area contributed by atoms with Crippen molar-refractivity contribution in [3.63, 3.8) is 0 Å². The van der Waals surface area contributed by atoms with E-state index in [1.807, 2.05) is 0 Å². The number of nitrogens with one attached hydrogen (secondary N) is 1. The van der Waals surface area contributed by atoms with Gasteiger partial charge in [-0.15, -0.1) is 0 Å². The summed E-state index contributed by atoms with van der Waals surface area (Å²) >= 11 is 0. The van der Waals surface area contributed by atoms with Crippen molar-refractivity contribution in [3.8, 4) is 0 Å². The Morgan fingerprint density at radius 3 is 2.92 bits per heavy atom. The van der Waals surface area contributed by atoms with Gasteiger partial charge in [0, 0.05) is 19.2 Å². The first-order valence-corrected chi connectivity index (χ1v) is 4.85. The standard InChI is InChI=1S/C9H17NO2/c11-8-4-9(10-5-8)7-2-1-3-12-6-7/h7-11H,1-6H2/t7-,8+,9-/m1/s1. The molecule has 2 heterocycles. The van der Waals surface area contributed by atoms with Gasteiger partial charge in [-0.25, -0.2) is 0 Å². The number of aliphatic hydroxyl groups excluding tert-OH is 1. The lowest BCUT2D eigenvalue weighted by molar-refractivity contribution is 0.0404. The molecule has 0 radical (unpaired) electrons. The zero-order chi connectivity index (χ0) is 8.39. The maximum atomic E-state index is 9.33. The molecule has 2 rings (SSSR count). The van der Waals surface area contributed by atoms with E-state index in [4.69, 9.17) is 4.74 Å². The van der Waals surface area contributed by atoms with Gasteiger partial charge < -0.3 is 15.2 Å². The largest absolute Gasteiger partial charge is 0.392 e. The second kappa shape index (κ2) is 3.73. The Balaban J connectivity index is 1.83. The lowest BCUT2D eigenvalue weighted by Gasteiger charge is -2.27. The highest BCUT2D eigenvalue weighted by Gasteiger charge is 2.30. The van der Waals surface area contributed by atoms with Crippen LogP contribution >= 0.6 is 0 Å². The second-order valence-electron chi connectivity index (χ2n) is 3.88. The zero-order valence-electron chi connectivity index (χ0n) is 7.33. The summed E-state index contributed by atoms with van der Waals surface area (Å²) in [6.45, 7) is 2.57. The predicted molar refractivity (Wildman–Crippen MR) is 46.0 cm³/mol. The third-order valence-electron chi connectivity index (χ3n) is 2.91. The molecule has 3 atom stereocenters. The van der Waals surface area contributed by atoms with Gasteiger partial charge in [-0.3, -0.25) is 0 Å². The van der Waals surface area contributed by atoms with Crippen LogP contribution in [0.4, 0.5) is 0 Å². The molecule has 70 valence electrons. The molecular formula is C9H17NO2. The number of aliphatic hydroxyl groups is 1. The maximum Gasteiger partial charge on any atom is 0.0679 e. The van der Waals surface area contributed by atoms with E-state index >= 15 is 0 Å². The van der Waals surface area contributed by atoms with Crippen molar-refractivity contribution in [1.82, 2.24) is 5.32 Å². The highest BCUT2D eigenvalue weighted by molar-refractivity contribution is 4.87. The fourth-order valence-electron chi connectivity index (χ4n) is 2.19. The summed E-state index contributed by atoms with van der Waals surface area (Å²) in [5.41, 5.74) is 0. The van der Waals surface area contributed by atoms with Crippen molar-refractivity contribution >= 4 is 0 Å². The van der Waals surface area contributed by atoms with Gasteiger partial charge in [0.1, 0.15) is 0 Å². The normalized spacial score (nSPS) is 43.2. The van der Waals surface area contributed by atoms with Gasteiger partial charge in [-0.2, -0.15) is 0 Å². The quantitative estimate of drug-likeness (QED) is 0.589. The number of β-amino-alcohol motifs (C(OH)–C–C–N with tert-alkyl or cyclic N) is 1. The van der Waals surface area contributed by atoms with Gasteiger partial charge in [0.2, 0.25) is 0 Å².